The summed E-state index contributed by atoms with van der Waals surface area (Å²) in [6.07, 6.45) is 1.57. The first-order valence-corrected chi connectivity index (χ1v) is 5.97. The molecule has 0 saturated carbocycles. The van der Waals surface area contributed by atoms with Crippen LogP contribution < -0.4 is 5.32 Å². The van der Waals surface area contributed by atoms with E-state index in [9.17, 15) is 0 Å². The van der Waals surface area contributed by atoms with Crippen LogP contribution in [0.5, 0.6) is 0 Å². The van der Waals surface area contributed by atoms with Crippen molar-refractivity contribution in [2.75, 3.05) is 47.1 Å². The van der Waals surface area contributed by atoms with E-state index in [4.69, 9.17) is 14.2 Å². The van der Waals surface area contributed by atoms with Gasteiger partial charge in [0.05, 0.1) is 25.5 Å². The molecular weight excluding hydrogens is 208 g/mol. The Morgan fingerprint density at radius 1 is 1.19 bits per heavy atom. The van der Waals surface area contributed by atoms with Gasteiger partial charge in [0.2, 0.25) is 0 Å². The maximum atomic E-state index is 5.59. The van der Waals surface area contributed by atoms with E-state index < -0.39 is 0 Å². The number of nitrogens with one attached hydrogen (secondary N) is 1. The Morgan fingerprint density at radius 3 is 2.56 bits per heavy atom. The lowest BCUT2D eigenvalue weighted by atomic mass is 10.0. The van der Waals surface area contributed by atoms with Crippen LogP contribution in [-0.4, -0.2) is 70.3 Å². The van der Waals surface area contributed by atoms with Crippen molar-refractivity contribution >= 4 is 0 Å². The molecule has 2 saturated heterocycles. The maximum Gasteiger partial charge on any atom is 0.112 e. The quantitative estimate of drug-likeness (QED) is 0.719. The molecular formula is C11H22N2O3. The highest BCUT2D eigenvalue weighted by atomic mass is 16.5. The Hall–Kier alpha value is -0.200. The van der Waals surface area contributed by atoms with Crippen LogP contribution in [0.25, 0.3) is 0 Å². The third kappa shape index (κ3) is 2.55. The highest BCUT2D eigenvalue weighted by Gasteiger charge is 2.37. The Balaban J connectivity index is 1.99. The van der Waals surface area contributed by atoms with Gasteiger partial charge in [-0.2, -0.15) is 0 Å². The molecule has 5 heteroatoms. The minimum absolute atomic E-state index is 0.108. The summed E-state index contributed by atoms with van der Waals surface area (Å²) in [6, 6.07) is 0. The molecule has 94 valence electrons. The number of rotatable bonds is 3. The van der Waals surface area contributed by atoms with Crippen LogP contribution in [0.3, 0.4) is 0 Å². The molecule has 0 aromatic heterocycles. The van der Waals surface area contributed by atoms with Crippen molar-refractivity contribution in [1.29, 1.82) is 0 Å². The van der Waals surface area contributed by atoms with Gasteiger partial charge < -0.3 is 14.2 Å². The van der Waals surface area contributed by atoms with Crippen LogP contribution in [0.4, 0.5) is 0 Å². The van der Waals surface area contributed by atoms with Gasteiger partial charge in [0.25, 0.3) is 0 Å². The molecule has 2 heterocycles. The van der Waals surface area contributed by atoms with E-state index in [0.29, 0.717) is 0 Å². The number of methoxy groups -OCH3 is 2. The first-order chi connectivity index (χ1) is 7.86. The fraction of sp³-hybridized carbons (Fsp3) is 1.00. The van der Waals surface area contributed by atoms with Crippen LogP contribution in [-0.2, 0) is 14.2 Å². The Morgan fingerprint density at radius 2 is 1.94 bits per heavy atom. The summed E-state index contributed by atoms with van der Waals surface area (Å²) in [5.41, 5.74) is 0. The lowest BCUT2D eigenvalue weighted by Crippen LogP contribution is -2.63. The molecule has 0 radical (unpaired) electrons. The first kappa shape index (κ1) is 12.3. The van der Waals surface area contributed by atoms with Crippen LogP contribution in [0.1, 0.15) is 6.42 Å². The molecule has 3 unspecified atom stereocenters. The molecule has 2 rings (SSSR count). The van der Waals surface area contributed by atoms with Gasteiger partial charge in [-0.05, 0) is 13.0 Å². The molecule has 16 heavy (non-hydrogen) atoms. The number of piperidine rings is 1. The predicted molar refractivity (Wildman–Crippen MR) is 60.4 cm³/mol. The highest BCUT2D eigenvalue weighted by molar-refractivity contribution is 4.89. The molecule has 3 atom stereocenters. The molecule has 0 aliphatic carbocycles. The first-order valence-electron chi connectivity index (χ1n) is 5.97. The smallest absolute Gasteiger partial charge is 0.112 e. The minimum atomic E-state index is 0.108. The summed E-state index contributed by atoms with van der Waals surface area (Å²) in [7, 11) is 3.52. The largest absolute Gasteiger partial charge is 0.379 e. The van der Waals surface area contributed by atoms with Crippen molar-refractivity contribution in [3.8, 4) is 0 Å². The van der Waals surface area contributed by atoms with E-state index in [0.717, 1.165) is 39.3 Å². The second kappa shape index (κ2) is 5.93. The van der Waals surface area contributed by atoms with E-state index in [-0.39, 0.29) is 18.4 Å². The fourth-order valence-corrected chi connectivity index (χ4v) is 2.58. The summed E-state index contributed by atoms with van der Waals surface area (Å²) in [5.74, 6) is 0. The van der Waals surface area contributed by atoms with Gasteiger partial charge in [-0.1, -0.05) is 0 Å². The zero-order valence-corrected chi connectivity index (χ0v) is 10.1. The third-order valence-corrected chi connectivity index (χ3v) is 3.47. The average molecular weight is 230 g/mol. The number of nitrogens with zero attached hydrogens (tertiary/aromatic N) is 1. The van der Waals surface area contributed by atoms with E-state index in [1.165, 1.54) is 0 Å². The summed E-state index contributed by atoms with van der Waals surface area (Å²) in [4.78, 5) is 2.39. The van der Waals surface area contributed by atoms with Crippen molar-refractivity contribution in [2.24, 2.45) is 0 Å². The number of ether oxygens (including phenoxy) is 3. The third-order valence-electron chi connectivity index (χ3n) is 3.47. The average Bonchev–Trinajstić information content (AvgIpc) is 2.38. The number of hydrogen-bond donors (Lipinski definition) is 1. The summed E-state index contributed by atoms with van der Waals surface area (Å²) in [6.45, 7) is 4.54. The fourth-order valence-electron chi connectivity index (χ4n) is 2.58. The lowest BCUT2D eigenvalue weighted by Gasteiger charge is -2.44. The van der Waals surface area contributed by atoms with Gasteiger partial charge in [0, 0.05) is 27.3 Å². The summed E-state index contributed by atoms with van der Waals surface area (Å²) >= 11 is 0. The second-order valence-corrected chi connectivity index (χ2v) is 4.31. The van der Waals surface area contributed by atoms with Crippen molar-refractivity contribution in [2.45, 2.75) is 24.8 Å². The van der Waals surface area contributed by atoms with Crippen LogP contribution >= 0.6 is 0 Å². The van der Waals surface area contributed by atoms with Gasteiger partial charge in [-0.15, -0.1) is 0 Å². The molecule has 0 aromatic carbocycles. The van der Waals surface area contributed by atoms with Gasteiger partial charge in [0.15, 0.2) is 0 Å². The number of morpholine rings is 1. The van der Waals surface area contributed by atoms with E-state index >= 15 is 0 Å². The van der Waals surface area contributed by atoms with Gasteiger partial charge >= 0.3 is 0 Å². The molecule has 0 spiro atoms. The molecule has 0 aromatic rings. The summed E-state index contributed by atoms with van der Waals surface area (Å²) < 4.78 is 16.5. The molecule has 2 aliphatic rings. The predicted octanol–water partition coefficient (Wildman–Crippen LogP) is -0.332. The number of hydrogen-bond acceptors (Lipinski definition) is 5. The van der Waals surface area contributed by atoms with Crippen LogP contribution in [0, 0.1) is 0 Å². The van der Waals surface area contributed by atoms with Gasteiger partial charge in [-0.3, -0.25) is 10.2 Å². The normalized spacial score (nSPS) is 37.5. The molecule has 5 nitrogen and oxygen atoms in total. The second-order valence-electron chi connectivity index (χ2n) is 4.31. The molecule has 1 N–H and O–H groups in total. The van der Waals surface area contributed by atoms with E-state index in [1.54, 1.807) is 14.2 Å². The van der Waals surface area contributed by atoms with E-state index in [2.05, 4.69) is 10.2 Å². The molecule has 2 aliphatic heterocycles. The minimum Gasteiger partial charge on any atom is -0.379 e. The van der Waals surface area contributed by atoms with Crippen LogP contribution in [0.2, 0.25) is 0 Å². The maximum absolute atomic E-state index is 5.59. The van der Waals surface area contributed by atoms with Gasteiger partial charge in [0.1, 0.15) is 6.10 Å². The zero-order valence-electron chi connectivity index (χ0n) is 10.1. The highest BCUT2D eigenvalue weighted by Crippen LogP contribution is 2.19. The summed E-state index contributed by atoms with van der Waals surface area (Å²) in [5, 5.41) is 3.52. The Kier molecular flexibility index (Phi) is 4.55. The SMILES string of the molecule is COC1CCNC(N2CCOCC2)C1OC. The van der Waals surface area contributed by atoms with Crippen molar-refractivity contribution < 1.29 is 14.2 Å². The molecule has 2 fully saturated rings. The molecule has 0 amide bonds. The topological polar surface area (TPSA) is 43.0 Å². The van der Waals surface area contributed by atoms with Crippen LogP contribution in [0.15, 0.2) is 0 Å². The van der Waals surface area contributed by atoms with Crippen molar-refractivity contribution in [3.05, 3.63) is 0 Å². The van der Waals surface area contributed by atoms with Crippen molar-refractivity contribution in [3.63, 3.8) is 0 Å². The monoisotopic (exact) mass is 230 g/mol. The van der Waals surface area contributed by atoms with Crippen molar-refractivity contribution in [1.82, 2.24) is 10.2 Å². The lowest BCUT2D eigenvalue weighted by molar-refractivity contribution is -0.119. The van der Waals surface area contributed by atoms with E-state index in [1.807, 2.05) is 0 Å². The standard InChI is InChI=1S/C11H22N2O3/c1-14-9-3-4-12-11(10(9)15-2)13-5-7-16-8-6-13/h9-12H,3-8H2,1-2H3. The molecule has 0 bridgehead atoms. The Bertz CT molecular complexity index is 209. The zero-order chi connectivity index (χ0) is 11.4. The van der Waals surface area contributed by atoms with Gasteiger partial charge in [-0.25, -0.2) is 0 Å². The Labute approximate surface area is 97.0 Å².